The van der Waals surface area contributed by atoms with Gasteiger partial charge in [0, 0.05) is 31.4 Å². The van der Waals surface area contributed by atoms with Gasteiger partial charge in [0.2, 0.25) is 5.88 Å². The minimum Gasteiger partial charge on any atom is -0.481 e. The SMILES string of the molecule is COc1cc(C(=O)N[C@H]2CCCc3c2cnn3C)nn1C. The highest BCUT2D eigenvalue weighted by atomic mass is 16.5. The molecule has 0 saturated heterocycles. The third-order valence-corrected chi connectivity index (χ3v) is 3.96. The Bertz CT molecular complexity index is 673. The Balaban J connectivity index is 1.79. The minimum atomic E-state index is -0.185. The summed E-state index contributed by atoms with van der Waals surface area (Å²) in [5.74, 6) is 0.376. The van der Waals surface area contributed by atoms with Crippen molar-refractivity contribution in [2.75, 3.05) is 7.11 Å². The number of nitrogens with zero attached hydrogens (tertiary/aromatic N) is 4. The smallest absolute Gasteiger partial charge is 0.272 e. The molecule has 2 heterocycles. The molecule has 1 aliphatic carbocycles. The number of ether oxygens (including phenoxy) is 1. The maximum atomic E-state index is 12.3. The zero-order valence-corrected chi connectivity index (χ0v) is 12.5. The maximum Gasteiger partial charge on any atom is 0.272 e. The maximum absolute atomic E-state index is 12.3. The van der Waals surface area contributed by atoms with E-state index in [-0.39, 0.29) is 11.9 Å². The first-order chi connectivity index (χ1) is 10.1. The van der Waals surface area contributed by atoms with Gasteiger partial charge in [-0.3, -0.25) is 9.48 Å². The van der Waals surface area contributed by atoms with Crippen molar-refractivity contribution in [2.24, 2.45) is 14.1 Å². The van der Waals surface area contributed by atoms with E-state index in [2.05, 4.69) is 15.5 Å². The molecule has 3 rings (SSSR count). The standard InChI is InChI=1S/C14H19N5O2/c1-18-12-6-4-5-10(9(12)8-15-18)16-14(20)11-7-13(21-3)19(2)17-11/h7-8,10H,4-6H2,1-3H3,(H,16,20)/t10-/m0/s1. The fraction of sp³-hybridized carbons (Fsp3) is 0.500. The summed E-state index contributed by atoms with van der Waals surface area (Å²) in [6, 6.07) is 1.64. The van der Waals surface area contributed by atoms with E-state index in [0.29, 0.717) is 11.6 Å². The Labute approximate surface area is 122 Å². The normalized spacial score (nSPS) is 17.4. The van der Waals surface area contributed by atoms with Crippen LogP contribution in [-0.4, -0.2) is 32.6 Å². The number of carbonyl (C=O) groups is 1. The first kappa shape index (κ1) is 13.7. The number of methoxy groups -OCH3 is 1. The first-order valence-corrected chi connectivity index (χ1v) is 7.00. The van der Waals surface area contributed by atoms with Crippen LogP contribution < -0.4 is 10.1 Å². The number of hydrogen-bond acceptors (Lipinski definition) is 4. The highest BCUT2D eigenvalue weighted by molar-refractivity contribution is 5.92. The van der Waals surface area contributed by atoms with Crippen LogP contribution >= 0.6 is 0 Å². The van der Waals surface area contributed by atoms with Crippen molar-refractivity contribution in [3.63, 3.8) is 0 Å². The zero-order valence-electron chi connectivity index (χ0n) is 12.5. The van der Waals surface area contributed by atoms with Gasteiger partial charge in [-0.25, -0.2) is 4.68 Å². The second-order valence-corrected chi connectivity index (χ2v) is 5.28. The van der Waals surface area contributed by atoms with Crippen LogP contribution in [-0.2, 0) is 20.5 Å². The number of carbonyl (C=O) groups excluding carboxylic acids is 1. The van der Waals surface area contributed by atoms with E-state index in [1.54, 1.807) is 24.9 Å². The lowest BCUT2D eigenvalue weighted by molar-refractivity contribution is 0.0927. The topological polar surface area (TPSA) is 74.0 Å². The van der Waals surface area contributed by atoms with Gasteiger partial charge in [0.15, 0.2) is 5.69 Å². The largest absolute Gasteiger partial charge is 0.481 e. The summed E-state index contributed by atoms with van der Waals surface area (Å²) < 4.78 is 8.57. The molecule has 1 aliphatic rings. The quantitative estimate of drug-likeness (QED) is 0.913. The average Bonchev–Trinajstić information content (AvgIpc) is 3.03. The molecule has 1 atom stereocenters. The van der Waals surface area contributed by atoms with E-state index in [9.17, 15) is 4.79 Å². The third-order valence-electron chi connectivity index (χ3n) is 3.96. The summed E-state index contributed by atoms with van der Waals surface area (Å²) in [6.45, 7) is 0. The molecule has 7 nitrogen and oxygen atoms in total. The number of aromatic nitrogens is 4. The summed E-state index contributed by atoms with van der Waals surface area (Å²) >= 11 is 0. The second kappa shape index (κ2) is 5.23. The molecule has 1 amide bonds. The Morgan fingerprint density at radius 2 is 2.24 bits per heavy atom. The highest BCUT2D eigenvalue weighted by Crippen LogP contribution is 2.29. The summed E-state index contributed by atoms with van der Waals surface area (Å²) in [5, 5.41) is 11.5. The number of rotatable bonds is 3. The molecule has 0 aliphatic heterocycles. The Morgan fingerprint density at radius 3 is 2.95 bits per heavy atom. The molecule has 1 N–H and O–H groups in total. The van der Waals surface area contributed by atoms with Crippen LogP contribution in [0.5, 0.6) is 5.88 Å². The van der Waals surface area contributed by atoms with Crippen LogP contribution in [0.15, 0.2) is 12.3 Å². The molecule has 7 heteroatoms. The van der Waals surface area contributed by atoms with E-state index < -0.39 is 0 Å². The van der Waals surface area contributed by atoms with Gasteiger partial charge < -0.3 is 10.1 Å². The van der Waals surface area contributed by atoms with E-state index in [0.717, 1.165) is 24.8 Å². The second-order valence-electron chi connectivity index (χ2n) is 5.28. The fourth-order valence-corrected chi connectivity index (χ4v) is 2.84. The van der Waals surface area contributed by atoms with Crippen LogP contribution in [0.2, 0.25) is 0 Å². The van der Waals surface area contributed by atoms with Crippen LogP contribution in [0.3, 0.4) is 0 Å². The monoisotopic (exact) mass is 289 g/mol. The van der Waals surface area contributed by atoms with Crippen molar-refractivity contribution in [3.8, 4) is 5.88 Å². The van der Waals surface area contributed by atoms with Gasteiger partial charge in [0.25, 0.3) is 5.91 Å². The number of nitrogens with one attached hydrogen (secondary N) is 1. The molecule has 0 fully saturated rings. The van der Waals surface area contributed by atoms with Crippen LogP contribution in [0.1, 0.15) is 40.6 Å². The molecule has 0 saturated carbocycles. The van der Waals surface area contributed by atoms with Crippen LogP contribution in [0.25, 0.3) is 0 Å². The van der Waals surface area contributed by atoms with Crippen LogP contribution in [0, 0.1) is 0 Å². The summed E-state index contributed by atoms with van der Waals surface area (Å²) in [4.78, 5) is 12.3. The molecular weight excluding hydrogens is 270 g/mol. The van der Waals surface area contributed by atoms with E-state index in [4.69, 9.17) is 4.74 Å². The molecule has 112 valence electrons. The number of amides is 1. The van der Waals surface area contributed by atoms with Crippen molar-refractivity contribution >= 4 is 5.91 Å². The van der Waals surface area contributed by atoms with Gasteiger partial charge in [0.05, 0.1) is 19.3 Å². The van der Waals surface area contributed by atoms with Crippen molar-refractivity contribution in [2.45, 2.75) is 25.3 Å². The Morgan fingerprint density at radius 1 is 1.43 bits per heavy atom. The molecule has 0 radical (unpaired) electrons. The van der Waals surface area contributed by atoms with Gasteiger partial charge in [-0.15, -0.1) is 0 Å². The molecule has 0 unspecified atom stereocenters. The predicted molar refractivity (Wildman–Crippen MR) is 76.1 cm³/mol. The number of aryl methyl sites for hydroxylation is 2. The van der Waals surface area contributed by atoms with Gasteiger partial charge >= 0.3 is 0 Å². The van der Waals surface area contributed by atoms with Gasteiger partial charge in [-0.2, -0.15) is 10.2 Å². The molecular formula is C14H19N5O2. The zero-order chi connectivity index (χ0) is 15.0. The third kappa shape index (κ3) is 2.39. The van der Waals surface area contributed by atoms with Crippen LogP contribution in [0.4, 0.5) is 0 Å². The van der Waals surface area contributed by atoms with E-state index in [1.807, 2.05) is 17.9 Å². The van der Waals surface area contributed by atoms with Crippen molar-refractivity contribution in [1.29, 1.82) is 0 Å². The molecule has 0 spiro atoms. The van der Waals surface area contributed by atoms with E-state index in [1.165, 1.54) is 5.69 Å². The fourth-order valence-electron chi connectivity index (χ4n) is 2.84. The molecule has 0 aromatic carbocycles. The summed E-state index contributed by atoms with van der Waals surface area (Å²) in [5.41, 5.74) is 2.68. The van der Waals surface area contributed by atoms with Gasteiger partial charge in [-0.05, 0) is 19.3 Å². The van der Waals surface area contributed by atoms with E-state index >= 15 is 0 Å². The number of hydrogen-bond donors (Lipinski definition) is 1. The number of fused-ring (bicyclic) bond motifs is 1. The Kier molecular flexibility index (Phi) is 3.40. The van der Waals surface area contributed by atoms with Crippen molar-refractivity contribution in [1.82, 2.24) is 24.9 Å². The lowest BCUT2D eigenvalue weighted by atomic mass is 9.93. The predicted octanol–water partition coefficient (Wildman–Crippen LogP) is 0.970. The summed E-state index contributed by atoms with van der Waals surface area (Å²) in [7, 11) is 5.24. The van der Waals surface area contributed by atoms with Gasteiger partial charge in [0.1, 0.15) is 0 Å². The van der Waals surface area contributed by atoms with Crippen molar-refractivity contribution in [3.05, 3.63) is 29.2 Å². The minimum absolute atomic E-state index is 0.00273. The molecule has 0 bridgehead atoms. The van der Waals surface area contributed by atoms with Crippen molar-refractivity contribution < 1.29 is 9.53 Å². The highest BCUT2D eigenvalue weighted by Gasteiger charge is 2.26. The molecule has 21 heavy (non-hydrogen) atoms. The first-order valence-electron chi connectivity index (χ1n) is 7.00. The van der Waals surface area contributed by atoms with Gasteiger partial charge in [-0.1, -0.05) is 0 Å². The summed E-state index contributed by atoms with van der Waals surface area (Å²) in [6.07, 6.45) is 4.82. The Hall–Kier alpha value is -2.31. The molecule has 2 aromatic rings. The lowest BCUT2D eigenvalue weighted by Crippen LogP contribution is -2.31. The lowest BCUT2D eigenvalue weighted by Gasteiger charge is -2.23. The average molecular weight is 289 g/mol. The molecule has 2 aromatic heterocycles.